The molecule has 1 aliphatic rings. The van der Waals surface area contributed by atoms with Crippen molar-refractivity contribution in [2.75, 3.05) is 6.61 Å². The van der Waals surface area contributed by atoms with Crippen LogP contribution in [0.1, 0.15) is 30.1 Å². The van der Waals surface area contributed by atoms with Gasteiger partial charge in [0.15, 0.2) is 5.78 Å². The van der Waals surface area contributed by atoms with Gasteiger partial charge in [-0.05, 0) is 13.0 Å². The number of phenolic OH excluding ortho intramolecular Hbond substituents is 2. The number of hydrogen-bond donors (Lipinski definition) is 4. The van der Waals surface area contributed by atoms with Crippen LogP contribution in [0.25, 0.3) is 0 Å². The van der Waals surface area contributed by atoms with Gasteiger partial charge in [-0.15, -0.1) is 0 Å². The van der Waals surface area contributed by atoms with E-state index >= 15 is 0 Å². The van der Waals surface area contributed by atoms with Gasteiger partial charge in [0.1, 0.15) is 35.0 Å². The van der Waals surface area contributed by atoms with Crippen LogP contribution in [-0.4, -0.2) is 57.1 Å². The minimum absolute atomic E-state index is 0.109. The van der Waals surface area contributed by atoms with E-state index in [0.29, 0.717) is 0 Å². The van der Waals surface area contributed by atoms with Crippen molar-refractivity contribution in [2.24, 2.45) is 0 Å². The number of ketones is 1. The lowest BCUT2D eigenvalue weighted by Gasteiger charge is -2.19. The van der Waals surface area contributed by atoms with E-state index in [0.717, 1.165) is 18.2 Å². The van der Waals surface area contributed by atoms with Crippen LogP contribution >= 0.6 is 0 Å². The number of cyclic esters (lactones) is 1. The monoisotopic (exact) mass is 352 g/mol. The SMILES string of the molecule is C[C@@H]1C/C=C\C(=O)[C@@H](O)[C@@H](O)CCOc2cc(O)cc(O)c2C(=O)O1. The van der Waals surface area contributed by atoms with Crippen LogP contribution in [0.4, 0.5) is 0 Å². The molecule has 1 aromatic rings. The average molecular weight is 352 g/mol. The van der Waals surface area contributed by atoms with E-state index in [9.17, 15) is 30.0 Å². The van der Waals surface area contributed by atoms with Crippen LogP contribution in [0.5, 0.6) is 17.2 Å². The zero-order valence-corrected chi connectivity index (χ0v) is 13.6. The Balaban J connectivity index is 2.34. The second-order valence-corrected chi connectivity index (χ2v) is 5.74. The molecule has 25 heavy (non-hydrogen) atoms. The molecule has 1 aromatic carbocycles. The van der Waals surface area contributed by atoms with Gasteiger partial charge in [0, 0.05) is 25.0 Å². The molecule has 4 N–H and O–H groups in total. The number of hydrogen-bond acceptors (Lipinski definition) is 8. The van der Waals surface area contributed by atoms with Gasteiger partial charge in [-0.1, -0.05) is 6.08 Å². The minimum atomic E-state index is -1.60. The molecule has 8 nitrogen and oxygen atoms in total. The lowest BCUT2D eigenvalue weighted by atomic mass is 10.1. The van der Waals surface area contributed by atoms with E-state index in [-0.39, 0.29) is 36.5 Å². The Morgan fingerprint density at radius 2 is 1.88 bits per heavy atom. The summed E-state index contributed by atoms with van der Waals surface area (Å²) in [5.41, 5.74) is -0.253. The van der Waals surface area contributed by atoms with Crippen molar-refractivity contribution in [1.82, 2.24) is 0 Å². The van der Waals surface area contributed by atoms with Gasteiger partial charge >= 0.3 is 5.97 Å². The Morgan fingerprint density at radius 3 is 2.60 bits per heavy atom. The Labute approximate surface area is 143 Å². The number of ether oxygens (including phenoxy) is 2. The standard InChI is InChI=1S/C17H20O8/c1-9-3-2-4-11(19)16(22)12(20)5-6-24-14-8-10(18)7-13(21)15(14)17(23)25-9/h2,4,7-9,12,16,18,20-22H,3,5-6H2,1H3/b4-2-/t9-,12+,16-/m1/s1. The van der Waals surface area contributed by atoms with Crippen LogP contribution in [0.2, 0.25) is 0 Å². The molecule has 0 radical (unpaired) electrons. The Morgan fingerprint density at radius 1 is 1.16 bits per heavy atom. The first-order valence-electron chi connectivity index (χ1n) is 7.76. The smallest absolute Gasteiger partial charge is 0.346 e. The van der Waals surface area contributed by atoms with E-state index in [1.54, 1.807) is 6.92 Å². The number of carbonyl (C=O) groups excluding carboxylic acids is 2. The summed E-state index contributed by atoms with van der Waals surface area (Å²) in [6, 6.07) is 2.11. The van der Waals surface area contributed by atoms with E-state index in [2.05, 4.69) is 0 Å². The van der Waals surface area contributed by atoms with Gasteiger partial charge in [0.25, 0.3) is 0 Å². The number of rotatable bonds is 0. The third-order valence-electron chi connectivity index (χ3n) is 3.66. The molecule has 2 rings (SSSR count). The number of carbonyl (C=O) groups is 2. The van der Waals surface area contributed by atoms with Gasteiger partial charge in [-0.25, -0.2) is 4.79 Å². The fourth-order valence-electron chi connectivity index (χ4n) is 2.31. The number of aliphatic hydroxyl groups is 2. The highest BCUT2D eigenvalue weighted by Gasteiger charge is 2.25. The number of aliphatic hydroxyl groups excluding tert-OH is 2. The zero-order chi connectivity index (χ0) is 18.6. The maximum absolute atomic E-state index is 12.3. The average Bonchev–Trinajstić information content (AvgIpc) is 2.52. The molecule has 3 atom stereocenters. The third-order valence-corrected chi connectivity index (χ3v) is 3.66. The predicted molar refractivity (Wildman–Crippen MR) is 85.5 cm³/mol. The predicted octanol–water partition coefficient (Wildman–Crippen LogP) is 0.663. The van der Waals surface area contributed by atoms with Gasteiger partial charge in [0.05, 0.1) is 12.7 Å². The highest BCUT2D eigenvalue weighted by Crippen LogP contribution is 2.34. The molecule has 0 aromatic heterocycles. The molecular formula is C17H20O8. The molecule has 136 valence electrons. The van der Waals surface area contributed by atoms with E-state index in [4.69, 9.17) is 9.47 Å². The molecule has 0 amide bonds. The molecule has 0 unspecified atom stereocenters. The zero-order valence-electron chi connectivity index (χ0n) is 13.6. The highest BCUT2D eigenvalue weighted by atomic mass is 16.5. The maximum Gasteiger partial charge on any atom is 0.346 e. The molecule has 0 saturated heterocycles. The second-order valence-electron chi connectivity index (χ2n) is 5.74. The number of phenols is 2. The first kappa shape index (κ1) is 18.8. The fraction of sp³-hybridized carbons (Fsp3) is 0.412. The molecular weight excluding hydrogens is 332 g/mol. The van der Waals surface area contributed by atoms with Crippen LogP contribution in [0.3, 0.4) is 0 Å². The maximum atomic E-state index is 12.3. The minimum Gasteiger partial charge on any atom is -0.508 e. The first-order chi connectivity index (χ1) is 11.8. The Kier molecular flexibility index (Phi) is 6.00. The van der Waals surface area contributed by atoms with E-state index in [1.165, 1.54) is 6.08 Å². The highest BCUT2D eigenvalue weighted by molar-refractivity contribution is 5.96. The van der Waals surface area contributed by atoms with Crippen molar-refractivity contribution in [1.29, 1.82) is 0 Å². The van der Waals surface area contributed by atoms with Crippen LogP contribution in [0.15, 0.2) is 24.3 Å². The van der Waals surface area contributed by atoms with Gasteiger partial charge in [0.2, 0.25) is 0 Å². The van der Waals surface area contributed by atoms with Gasteiger partial charge in [-0.3, -0.25) is 4.79 Å². The van der Waals surface area contributed by atoms with Crippen molar-refractivity contribution in [3.63, 3.8) is 0 Å². The normalized spacial score (nSPS) is 26.8. The summed E-state index contributed by atoms with van der Waals surface area (Å²) in [7, 11) is 0. The molecule has 0 fully saturated rings. The summed E-state index contributed by atoms with van der Waals surface area (Å²) >= 11 is 0. The molecule has 0 bridgehead atoms. The first-order valence-corrected chi connectivity index (χ1v) is 7.76. The van der Waals surface area contributed by atoms with Crippen molar-refractivity contribution < 1.29 is 39.5 Å². The summed E-state index contributed by atoms with van der Waals surface area (Å²) in [6.45, 7) is 1.41. The molecule has 1 aliphatic heterocycles. The summed E-state index contributed by atoms with van der Waals surface area (Å²) in [4.78, 5) is 24.0. The molecule has 0 aliphatic carbocycles. The number of benzene rings is 1. The number of fused-ring (bicyclic) bond motifs is 1. The molecule has 0 saturated carbocycles. The fourth-order valence-corrected chi connectivity index (χ4v) is 2.31. The van der Waals surface area contributed by atoms with Crippen molar-refractivity contribution in [3.8, 4) is 17.2 Å². The third kappa shape index (κ3) is 4.71. The van der Waals surface area contributed by atoms with Gasteiger partial charge < -0.3 is 29.9 Å². The largest absolute Gasteiger partial charge is 0.508 e. The van der Waals surface area contributed by atoms with Crippen molar-refractivity contribution >= 4 is 11.8 Å². The number of esters is 1. The lowest BCUT2D eigenvalue weighted by molar-refractivity contribution is -0.128. The summed E-state index contributed by atoms with van der Waals surface area (Å²) in [5, 5.41) is 39.1. The second kappa shape index (κ2) is 8.00. The Hall–Kier alpha value is -2.58. The van der Waals surface area contributed by atoms with Gasteiger partial charge in [-0.2, -0.15) is 0 Å². The summed E-state index contributed by atoms with van der Waals surface area (Å²) in [6.07, 6.45) is -0.957. The lowest BCUT2D eigenvalue weighted by Crippen LogP contribution is -2.34. The quantitative estimate of drug-likeness (QED) is 0.501. The van der Waals surface area contributed by atoms with Crippen LogP contribution in [0, 0.1) is 0 Å². The van der Waals surface area contributed by atoms with Crippen LogP contribution in [-0.2, 0) is 9.53 Å². The van der Waals surface area contributed by atoms with Crippen molar-refractivity contribution in [3.05, 3.63) is 29.8 Å². The molecule has 8 heteroatoms. The molecule has 0 spiro atoms. The number of aromatic hydroxyl groups is 2. The Bertz CT molecular complexity index is 681. The van der Waals surface area contributed by atoms with Crippen LogP contribution < -0.4 is 4.74 Å². The molecule has 1 heterocycles. The van der Waals surface area contributed by atoms with E-state index in [1.807, 2.05) is 0 Å². The summed E-state index contributed by atoms with van der Waals surface area (Å²) < 4.78 is 10.5. The van der Waals surface area contributed by atoms with E-state index < -0.39 is 35.8 Å². The topological polar surface area (TPSA) is 134 Å². The van der Waals surface area contributed by atoms with Crippen molar-refractivity contribution in [2.45, 2.75) is 38.1 Å². The summed E-state index contributed by atoms with van der Waals surface area (Å²) in [5.74, 6) is -2.48.